The molecule has 0 spiro atoms. The summed E-state index contributed by atoms with van der Waals surface area (Å²) < 4.78 is 0. The average molecular weight is 266 g/mol. The van der Waals surface area contributed by atoms with Crippen molar-refractivity contribution in [2.75, 3.05) is 10.6 Å². The number of amides is 1. The Labute approximate surface area is 119 Å². The smallest absolute Gasteiger partial charge is 0.237 e. The third-order valence-electron chi connectivity index (χ3n) is 3.97. The normalized spacial score (nSPS) is 16.3. The maximum absolute atomic E-state index is 12.7. The first kappa shape index (κ1) is 12.7. The number of hydrogen-bond donors (Lipinski definition) is 1. The Morgan fingerprint density at radius 2 is 1.75 bits per heavy atom. The van der Waals surface area contributed by atoms with Crippen molar-refractivity contribution in [2.24, 2.45) is 0 Å². The van der Waals surface area contributed by atoms with E-state index < -0.39 is 5.41 Å². The monoisotopic (exact) mass is 266 g/mol. The summed E-state index contributed by atoms with van der Waals surface area (Å²) in [6.45, 7) is 4.47. The van der Waals surface area contributed by atoms with E-state index in [0.717, 1.165) is 16.8 Å². The standard InChI is InChI=1S/C17H18N2O/c1-17(2)13-9-6-10-14(18)15(13)19(16(17)20)11-12-7-4-3-5-8-12/h3-10H,11,18H2,1-2H3. The lowest BCUT2D eigenvalue weighted by Crippen LogP contribution is -2.35. The number of para-hydroxylation sites is 1. The lowest BCUT2D eigenvalue weighted by molar-refractivity contribution is -0.122. The van der Waals surface area contributed by atoms with Gasteiger partial charge in [0.05, 0.1) is 23.3 Å². The molecule has 1 aliphatic heterocycles. The minimum atomic E-state index is -0.514. The first-order valence-corrected chi connectivity index (χ1v) is 6.76. The number of fused-ring (bicyclic) bond motifs is 1. The van der Waals surface area contributed by atoms with E-state index >= 15 is 0 Å². The molecule has 0 bridgehead atoms. The van der Waals surface area contributed by atoms with Crippen LogP contribution in [0.2, 0.25) is 0 Å². The number of anilines is 2. The predicted molar refractivity (Wildman–Crippen MR) is 81.5 cm³/mol. The highest BCUT2D eigenvalue weighted by Crippen LogP contribution is 2.45. The second-order valence-corrected chi connectivity index (χ2v) is 5.75. The van der Waals surface area contributed by atoms with Gasteiger partial charge in [-0.3, -0.25) is 4.79 Å². The van der Waals surface area contributed by atoms with Crippen LogP contribution in [0.1, 0.15) is 25.0 Å². The van der Waals surface area contributed by atoms with Gasteiger partial charge in [0.2, 0.25) is 5.91 Å². The van der Waals surface area contributed by atoms with E-state index in [1.165, 1.54) is 0 Å². The topological polar surface area (TPSA) is 46.3 Å². The lowest BCUT2D eigenvalue weighted by atomic mass is 9.86. The van der Waals surface area contributed by atoms with Gasteiger partial charge in [-0.05, 0) is 31.0 Å². The molecular weight excluding hydrogens is 248 g/mol. The maximum Gasteiger partial charge on any atom is 0.237 e. The molecule has 3 rings (SSSR count). The zero-order valence-corrected chi connectivity index (χ0v) is 11.8. The molecule has 2 aromatic rings. The van der Waals surface area contributed by atoms with Crippen molar-refractivity contribution < 1.29 is 4.79 Å². The van der Waals surface area contributed by atoms with Crippen molar-refractivity contribution in [3.8, 4) is 0 Å². The fraction of sp³-hybridized carbons (Fsp3) is 0.235. The first-order valence-electron chi connectivity index (χ1n) is 6.76. The molecular formula is C17H18N2O. The fourth-order valence-corrected chi connectivity index (χ4v) is 2.84. The zero-order chi connectivity index (χ0) is 14.3. The number of nitrogen functional groups attached to an aromatic ring is 1. The van der Waals surface area contributed by atoms with Gasteiger partial charge in [0.1, 0.15) is 0 Å². The molecule has 0 saturated heterocycles. The second-order valence-electron chi connectivity index (χ2n) is 5.75. The van der Waals surface area contributed by atoms with Crippen molar-refractivity contribution in [1.82, 2.24) is 0 Å². The largest absolute Gasteiger partial charge is 0.397 e. The molecule has 0 fully saturated rings. The molecule has 0 radical (unpaired) electrons. The highest BCUT2D eigenvalue weighted by molar-refractivity contribution is 6.10. The summed E-state index contributed by atoms with van der Waals surface area (Å²) in [5.74, 6) is 0.106. The number of rotatable bonds is 2. The molecule has 1 aliphatic rings. The summed E-state index contributed by atoms with van der Waals surface area (Å²) in [6, 6.07) is 15.7. The minimum absolute atomic E-state index is 0.106. The Balaban J connectivity index is 2.08. The van der Waals surface area contributed by atoms with Crippen LogP contribution >= 0.6 is 0 Å². The van der Waals surface area contributed by atoms with Gasteiger partial charge in [-0.15, -0.1) is 0 Å². The Kier molecular flexibility index (Phi) is 2.78. The van der Waals surface area contributed by atoms with E-state index in [1.807, 2.05) is 62.4 Å². The number of nitrogens with two attached hydrogens (primary N) is 1. The van der Waals surface area contributed by atoms with Gasteiger partial charge in [0.25, 0.3) is 0 Å². The molecule has 102 valence electrons. The molecule has 3 nitrogen and oxygen atoms in total. The molecule has 1 amide bonds. The van der Waals surface area contributed by atoms with Crippen LogP contribution in [0.4, 0.5) is 11.4 Å². The quantitative estimate of drug-likeness (QED) is 0.849. The number of carbonyl (C=O) groups is 1. The summed E-state index contributed by atoms with van der Waals surface area (Å²) in [6.07, 6.45) is 0. The Hall–Kier alpha value is -2.29. The van der Waals surface area contributed by atoms with E-state index in [0.29, 0.717) is 12.2 Å². The average Bonchev–Trinajstić information content (AvgIpc) is 2.63. The Morgan fingerprint density at radius 1 is 1.05 bits per heavy atom. The molecule has 2 aromatic carbocycles. The van der Waals surface area contributed by atoms with Gasteiger partial charge >= 0.3 is 0 Å². The van der Waals surface area contributed by atoms with Gasteiger partial charge in [-0.2, -0.15) is 0 Å². The SMILES string of the molecule is CC1(C)C(=O)N(Cc2ccccc2)c2c(N)cccc21. The highest BCUT2D eigenvalue weighted by atomic mass is 16.2. The van der Waals surface area contributed by atoms with Crippen LogP contribution in [-0.4, -0.2) is 5.91 Å². The molecule has 3 heteroatoms. The molecule has 0 saturated carbocycles. The van der Waals surface area contributed by atoms with Crippen molar-refractivity contribution in [3.63, 3.8) is 0 Å². The van der Waals surface area contributed by atoms with E-state index in [2.05, 4.69) is 0 Å². The summed E-state index contributed by atoms with van der Waals surface area (Å²) in [5.41, 5.74) is 9.24. The number of nitrogens with zero attached hydrogens (tertiary/aromatic N) is 1. The molecule has 0 atom stereocenters. The predicted octanol–water partition coefficient (Wildman–Crippen LogP) is 3.09. The Bertz CT molecular complexity index is 662. The van der Waals surface area contributed by atoms with Crippen molar-refractivity contribution in [3.05, 3.63) is 59.7 Å². The van der Waals surface area contributed by atoms with Gasteiger partial charge in [0, 0.05) is 0 Å². The lowest BCUT2D eigenvalue weighted by Gasteiger charge is -2.21. The van der Waals surface area contributed by atoms with Crippen LogP contribution in [0.3, 0.4) is 0 Å². The molecule has 0 unspecified atom stereocenters. The molecule has 1 heterocycles. The van der Waals surface area contributed by atoms with E-state index in [-0.39, 0.29) is 5.91 Å². The molecule has 0 aliphatic carbocycles. The fourth-order valence-electron chi connectivity index (χ4n) is 2.84. The summed E-state index contributed by atoms with van der Waals surface area (Å²) in [5, 5.41) is 0. The van der Waals surface area contributed by atoms with Crippen LogP contribution in [0.25, 0.3) is 0 Å². The molecule has 0 aromatic heterocycles. The van der Waals surface area contributed by atoms with Gasteiger partial charge in [-0.25, -0.2) is 0 Å². The van der Waals surface area contributed by atoms with E-state index in [4.69, 9.17) is 5.73 Å². The van der Waals surface area contributed by atoms with E-state index in [1.54, 1.807) is 4.90 Å². The minimum Gasteiger partial charge on any atom is -0.397 e. The van der Waals surface area contributed by atoms with Crippen LogP contribution < -0.4 is 10.6 Å². The van der Waals surface area contributed by atoms with Crippen molar-refractivity contribution in [2.45, 2.75) is 25.8 Å². The molecule has 2 N–H and O–H groups in total. The number of benzene rings is 2. The number of hydrogen-bond acceptors (Lipinski definition) is 2. The van der Waals surface area contributed by atoms with Gasteiger partial charge in [-0.1, -0.05) is 42.5 Å². The van der Waals surface area contributed by atoms with Crippen LogP contribution in [0.15, 0.2) is 48.5 Å². The zero-order valence-electron chi connectivity index (χ0n) is 11.8. The third-order valence-corrected chi connectivity index (χ3v) is 3.97. The van der Waals surface area contributed by atoms with Crippen molar-refractivity contribution >= 4 is 17.3 Å². The number of carbonyl (C=O) groups excluding carboxylic acids is 1. The highest BCUT2D eigenvalue weighted by Gasteiger charge is 2.44. The maximum atomic E-state index is 12.7. The summed E-state index contributed by atoms with van der Waals surface area (Å²) in [7, 11) is 0. The van der Waals surface area contributed by atoms with Crippen LogP contribution in [0, 0.1) is 0 Å². The third kappa shape index (κ3) is 1.78. The summed E-state index contributed by atoms with van der Waals surface area (Å²) in [4.78, 5) is 14.5. The second kappa shape index (κ2) is 4.37. The van der Waals surface area contributed by atoms with Gasteiger partial charge < -0.3 is 10.6 Å². The molecule has 20 heavy (non-hydrogen) atoms. The van der Waals surface area contributed by atoms with Crippen LogP contribution in [0.5, 0.6) is 0 Å². The summed E-state index contributed by atoms with van der Waals surface area (Å²) >= 11 is 0. The van der Waals surface area contributed by atoms with Crippen LogP contribution in [-0.2, 0) is 16.8 Å². The first-order chi connectivity index (χ1) is 9.51. The Morgan fingerprint density at radius 3 is 2.45 bits per heavy atom. The van der Waals surface area contributed by atoms with Gasteiger partial charge in [0.15, 0.2) is 0 Å². The van der Waals surface area contributed by atoms with Crippen molar-refractivity contribution in [1.29, 1.82) is 0 Å². The van der Waals surface area contributed by atoms with E-state index in [9.17, 15) is 4.79 Å².